The van der Waals surface area contributed by atoms with E-state index in [1.54, 1.807) is 26.2 Å². The molecular weight excluding hydrogens is 744 g/mol. The predicted molar refractivity (Wildman–Crippen MR) is 215 cm³/mol. The van der Waals surface area contributed by atoms with Gasteiger partial charge in [0.25, 0.3) is 0 Å². The molecule has 5 heterocycles. The van der Waals surface area contributed by atoms with E-state index in [1.807, 2.05) is 19.1 Å². The van der Waals surface area contributed by atoms with Crippen LogP contribution in [-0.2, 0) is 42.7 Å². The molecule has 2 aliphatic carbocycles. The van der Waals surface area contributed by atoms with E-state index in [0.29, 0.717) is 55.1 Å². The standard InChI is InChI=1S/C45H66N2O11/c1-25-12-11-15-32-24-53-42-38(47-51)28(4)20-35(45(32,42)50)43(49)55-34-21-33(57-44(23-34)19-18-27(3)41(58-44)31-13-9-8-10-14-31)17-16-26(2)40(25)56-37-22-36(52-7)39(29(5)54-37)46-30(6)48/h11-12,15-16,20,25,27,29,31,33-37,39-42,50-51H,8-10,13-14,17-19,21-24H2,1-7H3,(H,46,48)/b12-11-,26-16-,32-15?,47-38+/t25-,27-,29-,33+,34-,35-,36-,37-,39+,40-,41-,42+,44+,45+/m0/s1. The van der Waals surface area contributed by atoms with E-state index >= 15 is 0 Å². The quantitative estimate of drug-likeness (QED) is 0.125. The zero-order valence-corrected chi connectivity index (χ0v) is 35.4. The van der Waals surface area contributed by atoms with Crippen molar-refractivity contribution in [1.82, 2.24) is 5.32 Å². The summed E-state index contributed by atoms with van der Waals surface area (Å²) in [5, 5.41) is 29.1. The molecule has 7 rings (SSSR count). The summed E-state index contributed by atoms with van der Waals surface area (Å²) >= 11 is 0. The third-order valence-electron chi connectivity index (χ3n) is 14.0. The summed E-state index contributed by atoms with van der Waals surface area (Å²) in [5.74, 6) is -2.03. The van der Waals surface area contributed by atoms with Gasteiger partial charge in [0, 0.05) is 45.6 Å². The Balaban J connectivity index is 1.24. The number of carbonyl (C=O) groups excluding carboxylic acids is 2. The van der Waals surface area contributed by atoms with Crippen molar-refractivity contribution in [2.24, 2.45) is 28.8 Å². The highest BCUT2D eigenvalue weighted by Gasteiger charge is 2.60. The lowest BCUT2D eigenvalue weighted by Gasteiger charge is -2.51. The summed E-state index contributed by atoms with van der Waals surface area (Å²) in [5.41, 5.74) is 0.337. The van der Waals surface area contributed by atoms with Crippen molar-refractivity contribution in [2.45, 2.75) is 179 Å². The number of amides is 1. The molecule has 13 heteroatoms. The fourth-order valence-corrected chi connectivity index (χ4v) is 10.8. The molecule has 1 amide bonds. The molecule has 0 aromatic rings. The zero-order chi connectivity index (χ0) is 41.4. The monoisotopic (exact) mass is 810 g/mol. The van der Waals surface area contributed by atoms with E-state index in [4.69, 9.17) is 33.2 Å². The van der Waals surface area contributed by atoms with Crippen LogP contribution in [0.2, 0.25) is 0 Å². The molecule has 322 valence electrons. The van der Waals surface area contributed by atoms with E-state index in [9.17, 15) is 19.9 Å². The van der Waals surface area contributed by atoms with Crippen LogP contribution in [0.15, 0.2) is 52.3 Å². The number of nitrogens with zero attached hydrogens (tertiary/aromatic N) is 1. The number of methoxy groups -OCH3 is 1. The Bertz CT molecular complexity index is 1670. The van der Waals surface area contributed by atoms with Crippen LogP contribution in [0.5, 0.6) is 0 Å². The topological polar surface area (TPSA) is 164 Å². The Kier molecular flexibility index (Phi) is 13.4. The molecule has 0 aromatic carbocycles. The molecule has 4 saturated heterocycles. The molecule has 1 spiro atoms. The van der Waals surface area contributed by atoms with Crippen LogP contribution >= 0.6 is 0 Å². The second kappa shape index (κ2) is 18.0. The third kappa shape index (κ3) is 8.78. The van der Waals surface area contributed by atoms with E-state index in [-0.39, 0.29) is 54.6 Å². The number of nitrogens with one attached hydrogen (secondary N) is 1. The number of ether oxygens (including phenoxy) is 7. The summed E-state index contributed by atoms with van der Waals surface area (Å²) in [6, 6.07) is -0.317. The zero-order valence-electron chi connectivity index (χ0n) is 35.4. The van der Waals surface area contributed by atoms with Gasteiger partial charge >= 0.3 is 5.97 Å². The van der Waals surface area contributed by atoms with Crippen LogP contribution in [0.25, 0.3) is 0 Å². The summed E-state index contributed by atoms with van der Waals surface area (Å²) in [7, 11) is 1.63. The minimum atomic E-state index is -1.84. The van der Waals surface area contributed by atoms with Crippen LogP contribution in [0, 0.1) is 23.7 Å². The third-order valence-corrected chi connectivity index (χ3v) is 14.0. The molecule has 58 heavy (non-hydrogen) atoms. The smallest absolute Gasteiger partial charge is 0.316 e. The van der Waals surface area contributed by atoms with Gasteiger partial charge in [-0.25, -0.2) is 0 Å². The summed E-state index contributed by atoms with van der Waals surface area (Å²) < 4.78 is 45.8. The second-order valence-corrected chi connectivity index (χ2v) is 18.2. The SMILES string of the molecule is CO[C@H]1C[C@H](O[C@@H]2/C(C)=C\C[C@@H]3C[C@@H](C[C@]4(CC[C@H](C)[C@@H](C5CCCCC5)O4)O3)OC(=O)[C@@H]3C=C(C)/C(=N\O)[C@H]4OCC(=C/C=C\[C@@H]2C)[C@]43O)O[C@@H](C)[C@H]1NC(C)=O. The number of rotatable bonds is 5. The first-order valence-corrected chi connectivity index (χ1v) is 21.7. The number of hydrogen-bond acceptors (Lipinski definition) is 12. The highest BCUT2D eigenvalue weighted by molar-refractivity contribution is 6.06. The largest absolute Gasteiger partial charge is 0.462 e. The first kappa shape index (κ1) is 43.2. The normalized spacial score (nSPS) is 45.0. The maximum atomic E-state index is 14.4. The molecule has 7 aliphatic rings. The highest BCUT2D eigenvalue weighted by atomic mass is 16.7. The first-order chi connectivity index (χ1) is 27.7. The van der Waals surface area contributed by atoms with Gasteiger partial charge in [0.15, 0.2) is 12.1 Å². The minimum Gasteiger partial charge on any atom is -0.462 e. The van der Waals surface area contributed by atoms with Crippen LogP contribution in [0.4, 0.5) is 0 Å². The van der Waals surface area contributed by atoms with Gasteiger partial charge in [0.05, 0.1) is 43.2 Å². The van der Waals surface area contributed by atoms with Crippen molar-refractivity contribution in [1.29, 1.82) is 0 Å². The van der Waals surface area contributed by atoms with E-state index in [2.05, 4.69) is 37.3 Å². The first-order valence-electron chi connectivity index (χ1n) is 21.7. The number of aliphatic hydroxyl groups is 1. The minimum absolute atomic E-state index is 0.0291. The average molecular weight is 811 g/mol. The van der Waals surface area contributed by atoms with Crippen molar-refractivity contribution < 1.29 is 53.1 Å². The number of oxime groups is 1. The molecule has 2 bridgehead atoms. The van der Waals surface area contributed by atoms with Crippen molar-refractivity contribution in [2.75, 3.05) is 13.7 Å². The highest BCUT2D eigenvalue weighted by Crippen LogP contribution is 2.48. The summed E-state index contributed by atoms with van der Waals surface area (Å²) in [6.07, 6.45) is 15.3. The second-order valence-electron chi connectivity index (χ2n) is 18.2. The van der Waals surface area contributed by atoms with E-state index in [1.165, 1.54) is 26.2 Å². The maximum Gasteiger partial charge on any atom is 0.316 e. The van der Waals surface area contributed by atoms with Crippen LogP contribution < -0.4 is 5.32 Å². The van der Waals surface area contributed by atoms with Gasteiger partial charge in [-0.05, 0) is 75.0 Å². The number of allylic oxidation sites excluding steroid dienone is 2. The fourth-order valence-electron chi connectivity index (χ4n) is 10.8. The molecule has 5 fully saturated rings. The molecule has 0 radical (unpaired) electrons. The number of carbonyl (C=O) groups is 2. The van der Waals surface area contributed by atoms with Crippen LogP contribution in [0.3, 0.4) is 0 Å². The van der Waals surface area contributed by atoms with Gasteiger partial charge in [0.1, 0.15) is 29.4 Å². The molecule has 13 nitrogen and oxygen atoms in total. The Hall–Kier alpha value is -2.91. The lowest BCUT2D eigenvalue weighted by Crippen LogP contribution is -2.57. The molecular formula is C45H66N2O11. The van der Waals surface area contributed by atoms with Crippen molar-refractivity contribution in [3.63, 3.8) is 0 Å². The molecule has 1 saturated carbocycles. The van der Waals surface area contributed by atoms with Gasteiger partial charge in [0.2, 0.25) is 5.91 Å². The van der Waals surface area contributed by atoms with Crippen LogP contribution in [0.1, 0.15) is 112 Å². The number of esters is 1. The van der Waals surface area contributed by atoms with Gasteiger partial charge in [-0.3, -0.25) is 9.59 Å². The van der Waals surface area contributed by atoms with Crippen molar-refractivity contribution >= 4 is 17.6 Å². The van der Waals surface area contributed by atoms with Gasteiger partial charge < -0.3 is 48.8 Å². The molecule has 0 unspecified atom stereocenters. The molecule has 5 aliphatic heterocycles. The average Bonchev–Trinajstić information content (AvgIpc) is 3.53. The Morgan fingerprint density at radius 1 is 1.05 bits per heavy atom. The van der Waals surface area contributed by atoms with Gasteiger partial charge in [-0.2, -0.15) is 0 Å². The molecule has 14 atom stereocenters. The summed E-state index contributed by atoms with van der Waals surface area (Å²) in [4.78, 5) is 26.4. The Morgan fingerprint density at radius 3 is 2.55 bits per heavy atom. The Labute approximate surface area is 343 Å². The molecule has 3 N–H and O–H groups in total. The van der Waals surface area contributed by atoms with Crippen LogP contribution in [-0.4, -0.2) is 108 Å². The fraction of sp³-hybridized carbons (Fsp3) is 0.756. The lowest BCUT2D eigenvalue weighted by molar-refractivity contribution is -0.342. The maximum absolute atomic E-state index is 14.4. The number of fused-ring (bicyclic) bond motifs is 2. The predicted octanol–water partition coefficient (Wildman–Crippen LogP) is 6.21. The Morgan fingerprint density at radius 2 is 1.83 bits per heavy atom. The van der Waals surface area contributed by atoms with Crippen molar-refractivity contribution in [3.8, 4) is 0 Å². The van der Waals surface area contributed by atoms with Gasteiger partial charge in [-0.1, -0.05) is 68.6 Å². The van der Waals surface area contributed by atoms with Crippen molar-refractivity contribution in [3.05, 3.63) is 47.1 Å². The summed E-state index contributed by atoms with van der Waals surface area (Å²) in [6.45, 7) is 11.6. The van der Waals surface area contributed by atoms with E-state index < -0.39 is 47.9 Å². The number of hydrogen-bond donors (Lipinski definition) is 3. The van der Waals surface area contributed by atoms with Gasteiger partial charge in [-0.15, -0.1) is 0 Å². The van der Waals surface area contributed by atoms with E-state index in [0.717, 1.165) is 24.8 Å². The lowest BCUT2D eigenvalue weighted by atomic mass is 9.71. The molecule has 0 aromatic heterocycles.